The Kier molecular flexibility index (Phi) is 5.05. The Hall–Kier alpha value is -0.810. The molecule has 1 saturated heterocycles. The minimum Gasteiger partial charge on any atom is -0.394 e. The van der Waals surface area contributed by atoms with Gasteiger partial charge in [0.2, 0.25) is 0 Å². The van der Waals surface area contributed by atoms with Gasteiger partial charge in [0.25, 0.3) is 0 Å². The van der Waals surface area contributed by atoms with E-state index in [1.54, 1.807) is 0 Å². The number of aliphatic hydroxyl groups is 1. The van der Waals surface area contributed by atoms with Crippen molar-refractivity contribution in [1.82, 2.24) is 10.2 Å². The van der Waals surface area contributed by atoms with Crippen molar-refractivity contribution < 1.29 is 5.11 Å². The first-order chi connectivity index (χ1) is 9.13. The van der Waals surface area contributed by atoms with Crippen molar-refractivity contribution in [1.29, 1.82) is 0 Å². The second-order valence-electron chi connectivity index (χ2n) is 5.08. The van der Waals surface area contributed by atoms with Crippen molar-refractivity contribution in [3.05, 3.63) is 28.8 Å². The number of benzene rings is 1. The van der Waals surface area contributed by atoms with Crippen molar-refractivity contribution >= 4 is 17.3 Å². The number of halogens is 1. The molecule has 0 saturated carbocycles. The molecule has 0 spiro atoms. The van der Waals surface area contributed by atoms with E-state index in [4.69, 9.17) is 11.6 Å². The fourth-order valence-electron chi connectivity index (χ4n) is 2.47. The Morgan fingerprint density at radius 2 is 2.05 bits per heavy atom. The minimum absolute atomic E-state index is 0.00851. The lowest BCUT2D eigenvalue weighted by Crippen LogP contribution is -2.46. The van der Waals surface area contributed by atoms with Crippen LogP contribution in [0.4, 0.5) is 5.69 Å². The zero-order valence-corrected chi connectivity index (χ0v) is 12.3. The monoisotopic (exact) mass is 283 g/mol. The number of nitrogens with one attached hydrogen (secondary N) is 1. The molecular formula is C14H22ClN3O. The summed E-state index contributed by atoms with van der Waals surface area (Å²) >= 11 is 6.39. The maximum atomic E-state index is 9.70. The molecule has 19 heavy (non-hydrogen) atoms. The van der Waals surface area contributed by atoms with Crippen LogP contribution in [0.3, 0.4) is 0 Å². The molecule has 1 aromatic rings. The number of hydrogen-bond acceptors (Lipinski definition) is 4. The van der Waals surface area contributed by atoms with Gasteiger partial charge in [-0.3, -0.25) is 4.90 Å². The summed E-state index contributed by atoms with van der Waals surface area (Å²) in [5, 5.41) is 13.8. The van der Waals surface area contributed by atoms with E-state index in [1.807, 2.05) is 37.2 Å². The molecule has 106 valence electrons. The second-order valence-corrected chi connectivity index (χ2v) is 5.49. The van der Waals surface area contributed by atoms with E-state index in [2.05, 4.69) is 10.2 Å². The normalized spacial score (nSPS) is 18.3. The van der Waals surface area contributed by atoms with E-state index < -0.39 is 0 Å². The van der Waals surface area contributed by atoms with Gasteiger partial charge in [-0.25, -0.2) is 0 Å². The lowest BCUT2D eigenvalue weighted by atomic mass is 10.0. The number of nitrogens with zero attached hydrogens (tertiary/aromatic N) is 2. The summed E-state index contributed by atoms with van der Waals surface area (Å²) in [6.07, 6.45) is 0. The van der Waals surface area contributed by atoms with Crippen LogP contribution in [0.5, 0.6) is 0 Å². The van der Waals surface area contributed by atoms with Gasteiger partial charge in [-0.1, -0.05) is 17.7 Å². The van der Waals surface area contributed by atoms with Crippen molar-refractivity contribution in [3.8, 4) is 0 Å². The zero-order valence-electron chi connectivity index (χ0n) is 11.6. The standard InChI is InChI=1S/C14H22ClN3O/c1-17(2)11-3-4-12(13(15)9-11)14(10-19)18-7-5-16-6-8-18/h3-4,9,14,16,19H,5-8,10H2,1-2H3/t14-/m0/s1. The van der Waals surface area contributed by atoms with E-state index >= 15 is 0 Å². The first-order valence-electron chi connectivity index (χ1n) is 6.66. The van der Waals surface area contributed by atoms with Crippen LogP contribution in [-0.4, -0.2) is 56.9 Å². The molecule has 5 heteroatoms. The Bertz CT molecular complexity index is 419. The predicted octanol–water partition coefficient (Wildman–Crippen LogP) is 1.34. The second kappa shape index (κ2) is 6.57. The van der Waals surface area contributed by atoms with Gasteiger partial charge in [-0.05, 0) is 17.7 Å². The lowest BCUT2D eigenvalue weighted by molar-refractivity contribution is 0.111. The molecule has 0 unspecified atom stereocenters. The van der Waals surface area contributed by atoms with Crippen molar-refractivity contribution in [2.24, 2.45) is 0 Å². The SMILES string of the molecule is CN(C)c1ccc([C@H](CO)N2CCNCC2)c(Cl)c1. The number of piperazine rings is 1. The molecule has 0 bridgehead atoms. The molecule has 1 aliphatic heterocycles. The van der Waals surface area contributed by atoms with Crippen LogP contribution in [0, 0.1) is 0 Å². The highest BCUT2D eigenvalue weighted by Crippen LogP contribution is 2.30. The average molecular weight is 284 g/mol. The Morgan fingerprint density at radius 1 is 1.37 bits per heavy atom. The van der Waals surface area contributed by atoms with Gasteiger partial charge in [0, 0.05) is 51.0 Å². The van der Waals surface area contributed by atoms with Crippen molar-refractivity contribution in [2.75, 3.05) is 51.8 Å². The minimum atomic E-state index is -0.00851. The molecule has 1 aromatic carbocycles. The highest BCUT2D eigenvalue weighted by atomic mass is 35.5. The molecule has 2 N–H and O–H groups in total. The van der Waals surface area contributed by atoms with Crippen molar-refractivity contribution in [2.45, 2.75) is 6.04 Å². The lowest BCUT2D eigenvalue weighted by Gasteiger charge is -2.34. The number of aliphatic hydroxyl groups excluding tert-OH is 1. The summed E-state index contributed by atoms with van der Waals surface area (Å²) in [6.45, 7) is 3.91. The van der Waals surface area contributed by atoms with Crippen LogP contribution in [-0.2, 0) is 0 Å². The Balaban J connectivity index is 2.22. The highest BCUT2D eigenvalue weighted by molar-refractivity contribution is 6.31. The smallest absolute Gasteiger partial charge is 0.0629 e. The summed E-state index contributed by atoms with van der Waals surface area (Å²) in [4.78, 5) is 4.31. The Labute approximate surface area is 120 Å². The number of rotatable bonds is 4. The van der Waals surface area contributed by atoms with Gasteiger partial charge in [-0.2, -0.15) is 0 Å². The van der Waals surface area contributed by atoms with Gasteiger partial charge in [0.1, 0.15) is 0 Å². The van der Waals surface area contributed by atoms with Gasteiger partial charge in [-0.15, -0.1) is 0 Å². The van der Waals surface area contributed by atoms with Gasteiger partial charge >= 0.3 is 0 Å². The zero-order chi connectivity index (χ0) is 13.8. The van der Waals surface area contributed by atoms with Crippen LogP contribution in [0.15, 0.2) is 18.2 Å². The van der Waals surface area contributed by atoms with Crippen LogP contribution in [0.25, 0.3) is 0 Å². The molecule has 1 aliphatic rings. The van der Waals surface area contributed by atoms with Gasteiger partial charge < -0.3 is 15.3 Å². The fraction of sp³-hybridized carbons (Fsp3) is 0.571. The van der Waals surface area contributed by atoms with E-state index in [9.17, 15) is 5.11 Å². The molecule has 0 amide bonds. The van der Waals surface area contributed by atoms with E-state index in [0.717, 1.165) is 42.5 Å². The van der Waals surface area contributed by atoms with Crippen LogP contribution in [0.1, 0.15) is 11.6 Å². The van der Waals surface area contributed by atoms with E-state index in [0.29, 0.717) is 0 Å². The summed E-state index contributed by atoms with van der Waals surface area (Å²) in [6, 6.07) is 6.03. The third-order valence-corrected chi connectivity index (χ3v) is 3.95. The Morgan fingerprint density at radius 3 is 2.58 bits per heavy atom. The molecule has 2 rings (SSSR count). The molecule has 1 fully saturated rings. The van der Waals surface area contributed by atoms with E-state index in [-0.39, 0.29) is 12.6 Å². The van der Waals surface area contributed by atoms with Gasteiger partial charge in [0.15, 0.2) is 0 Å². The topological polar surface area (TPSA) is 38.7 Å². The van der Waals surface area contributed by atoms with Crippen LogP contribution < -0.4 is 10.2 Å². The predicted molar refractivity (Wildman–Crippen MR) is 80.0 cm³/mol. The summed E-state index contributed by atoms with van der Waals surface area (Å²) in [7, 11) is 3.98. The molecule has 0 radical (unpaired) electrons. The molecule has 1 atom stereocenters. The summed E-state index contributed by atoms with van der Waals surface area (Å²) < 4.78 is 0. The molecule has 1 heterocycles. The molecular weight excluding hydrogens is 262 g/mol. The largest absolute Gasteiger partial charge is 0.394 e. The summed E-state index contributed by atoms with van der Waals surface area (Å²) in [5.41, 5.74) is 2.09. The number of anilines is 1. The third-order valence-electron chi connectivity index (χ3n) is 3.62. The van der Waals surface area contributed by atoms with Crippen molar-refractivity contribution in [3.63, 3.8) is 0 Å². The maximum absolute atomic E-state index is 9.70. The molecule has 0 aromatic heterocycles. The third kappa shape index (κ3) is 3.39. The van der Waals surface area contributed by atoms with E-state index in [1.165, 1.54) is 0 Å². The first-order valence-corrected chi connectivity index (χ1v) is 7.03. The first kappa shape index (κ1) is 14.6. The maximum Gasteiger partial charge on any atom is 0.0629 e. The summed E-state index contributed by atoms with van der Waals surface area (Å²) in [5.74, 6) is 0. The fourth-order valence-corrected chi connectivity index (χ4v) is 2.77. The molecule has 4 nitrogen and oxygen atoms in total. The van der Waals surface area contributed by atoms with Gasteiger partial charge in [0.05, 0.1) is 12.6 Å². The quantitative estimate of drug-likeness (QED) is 0.875. The average Bonchev–Trinajstić information content (AvgIpc) is 2.42. The highest BCUT2D eigenvalue weighted by Gasteiger charge is 2.23. The van der Waals surface area contributed by atoms with Crippen LogP contribution in [0.2, 0.25) is 5.02 Å². The van der Waals surface area contributed by atoms with Crippen LogP contribution >= 0.6 is 11.6 Å². The molecule has 0 aliphatic carbocycles. The number of hydrogen-bond donors (Lipinski definition) is 2.